The zero-order valence-electron chi connectivity index (χ0n) is 11.5. The van der Waals surface area contributed by atoms with Gasteiger partial charge in [0.1, 0.15) is 18.5 Å². The highest BCUT2D eigenvalue weighted by Gasteiger charge is 2.23. The Morgan fingerprint density at radius 2 is 2.15 bits per heavy atom. The monoisotopic (exact) mass is 343 g/mol. The van der Waals surface area contributed by atoms with Gasteiger partial charge in [0.2, 0.25) is 0 Å². The third-order valence-corrected chi connectivity index (χ3v) is 4.08. The molecule has 0 heterocycles. The minimum atomic E-state index is -0.580. The van der Waals surface area contributed by atoms with E-state index in [4.69, 9.17) is 4.74 Å². The quantitative estimate of drug-likeness (QED) is 0.740. The first-order chi connectivity index (χ1) is 9.65. The van der Waals surface area contributed by atoms with Gasteiger partial charge in [-0.1, -0.05) is 34.8 Å². The van der Waals surface area contributed by atoms with Crippen LogP contribution in [0.4, 0.5) is 0 Å². The summed E-state index contributed by atoms with van der Waals surface area (Å²) in [6, 6.07) is 7.64. The Morgan fingerprint density at radius 3 is 2.90 bits per heavy atom. The molecule has 0 spiro atoms. The third kappa shape index (κ3) is 5.05. The van der Waals surface area contributed by atoms with E-state index in [1.165, 1.54) is 0 Å². The fourth-order valence-corrected chi connectivity index (χ4v) is 2.82. The second-order valence-corrected chi connectivity index (χ2v) is 6.20. The number of hydrogen-bond acceptors (Lipinski definition) is 4. The molecule has 0 saturated heterocycles. The van der Waals surface area contributed by atoms with Gasteiger partial charge in [0.25, 0.3) is 0 Å². The van der Waals surface area contributed by atoms with Gasteiger partial charge in [-0.15, -0.1) is 0 Å². The van der Waals surface area contributed by atoms with Crippen molar-refractivity contribution in [3.63, 3.8) is 0 Å². The molecule has 1 aromatic rings. The van der Waals surface area contributed by atoms with Crippen molar-refractivity contribution in [1.82, 2.24) is 5.32 Å². The van der Waals surface area contributed by atoms with Gasteiger partial charge in [0.15, 0.2) is 0 Å². The van der Waals surface area contributed by atoms with Gasteiger partial charge in [-0.3, -0.25) is 0 Å². The van der Waals surface area contributed by atoms with Crippen LogP contribution in [-0.2, 0) is 0 Å². The first-order valence-corrected chi connectivity index (χ1v) is 7.92. The topological polar surface area (TPSA) is 61.7 Å². The number of rotatable bonds is 6. The Bertz CT molecular complexity index is 416. The lowest BCUT2D eigenvalue weighted by molar-refractivity contribution is 0.0673. The number of benzene rings is 1. The van der Waals surface area contributed by atoms with Crippen LogP contribution < -0.4 is 10.1 Å². The van der Waals surface area contributed by atoms with Crippen LogP contribution in [0.1, 0.15) is 25.7 Å². The fraction of sp³-hybridized carbons (Fsp3) is 0.600. The van der Waals surface area contributed by atoms with Gasteiger partial charge >= 0.3 is 0 Å². The first-order valence-electron chi connectivity index (χ1n) is 7.13. The summed E-state index contributed by atoms with van der Waals surface area (Å²) >= 11 is 3.38. The van der Waals surface area contributed by atoms with Crippen molar-refractivity contribution in [2.24, 2.45) is 0 Å². The molecule has 2 rings (SSSR count). The second-order valence-electron chi connectivity index (χ2n) is 5.29. The molecule has 1 aliphatic carbocycles. The summed E-state index contributed by atoms with van der Waals surface area (Å²) in [5.74, 6) is 0.733. The van der Waals surface area contributed by atoms with E-state index >= 15 is 0 Å². The summed E-state index contributed by atoms with van der Waals surface area (Å²) in [7, 11) is 0. The molecule has 0 amide bonds. The molecule has 3 atom stereocenters. The zero-order valence-corrected chi connectivity index (χ0v) is 13.1. The van der Waals surface area contributed by atoms with E-state index < -0.39 is 6.10 Å². The standard InChI is InChI=1S/C15H22BrNO3/c16-11-4-3-5-13(8-11)20-10-12(18)9-17-14-6-1-2-7-15(14)19/h3-5,8,12,14-15,17-19H,1-2,6-7,9-10H2. The molecular weight excluding hydrogens is 322 g/mol. The average Bonchev–Trinajstić information content (AvgIpc) is 2.44. The van der Waals surface area contributed by atoms with E-state index in [-0.39, 0.29) is 18.8 Å². The molecule has 4 nitrogen and oxygen atoms in total. The third-order valence-electron chi connectivity index (χ3n) is 3.58. The van der Waals surface area contributed by atoms with Crippen LogP contribution in [0.3, 0.4) is 0 Å². The molecule has 5 heteroatoms. The lowest BCUT2D eigenvalue weighted by atomic mass is 9.92. The number of aliphatic hydroxyl groups is 2. The molecule has 3 N–H and O–H groups in total. The van der Waals surface area contributed by atoms with E-state index in [1.807, 2.05) is 24.3 Å². The van der Waals surface area contributed by atoms with Gasteiger partial charge in [-0.2, -0.15) is 0 Å². The fourth-order valence-electron chi connectivity index (χ4n) is 2.44. The Morgan fingerprint density at radius 1 is 1.35 bits per heavy atom. The van der Waals surface area contributed by atoms with Crippen molar-refractivity contribution < 1.29 is 14.9 Å². The Hall–Kier alpha value is -0.620. The van der Waals surface area contributed by atoms with Crippen LogP contribution in [-0.4, -0.2) is 41.6 Å². The van der Waals surface area contributed by atoms with E-state index in [2.05, 4.69) is 21.2 Å². The first kappa shape index (κ1) is 15.8. The maximum atomic E-state index is 9.92. The Labute approximate surface area is 128 Å². The molecule has 1 saturated carbocycles. The summed E-state index contributed by atoms with van der Waals surface area (Å²) in [5.41, 5.74) is 0. The summed E-state index contributed by atoms with van der Waals surface area (Å²) in [6.07, 6.45) is 3.18. The van der Waals surface area contributed by atoms with Crippen LogP contribution in [0.15, 0.2) is 28.7 Å². The predicted octanol–water partition coefficient (Wildman–Crippen LogP) is 2.08. The Kier molecular flexibility index (Phi) is 6.29. The predicted molar refractivity (Wildman–Crippen MR) is 81.9 cm³/mol. The summed E-state index contributed by atoms with van der Waals surface area (Å²) < 4.78 is 6.48. The van der Waals surface area contributed by atoms with Crippen molar-refractivity contribution in [3.8, 4) is 5.75 Å². The summed E-state index contributed by atoms with van der Waals surface area (Å²) in [5, 5.41) is 23.0. The van der Waals surface area contributed by atoms with Crippen LogP contribution in [0.25, 0.3) is 0 Å². The maximum Gasteiger partial charge on any atom is 0.120 e. The Balaban J connectivity index is 1.68. The van der Waals surface area contributed by atoms with E-state index in [1.54, 1.807) is 0 Å². The van der Waals surface area contributed by atoms with Crippen LogP contribution in [0.5, 0.6) is 5.75 Å². The molecule has 1 fully saturated rings. The smallest absolute Gasteiger partial charge is 0.120 e. The number of ether oxygens (including phenoxy) is 1. The van der Waals surface area contributed by atoms with Crippen molar-refractivity contribution in [2.75, 3.05) is 13.2 Å². The normalized spacial score (nSPS) is 24.4. The zero-order chi connectivity index (χ0) is 14.4. The maximum absolute atomic E-state index is 9.92. The molecule has 3 unspecified atom stereocenters. The molecule has 0 aromatic heterocycles. The molecule has 1 aromatic carbocycles. The SMILES string of the molecule is OC(CNC1CCCCC1O)COc1cccc(Br)c1. The summed E-state index contributed by atoms with van der Waals surface area (Å²) in [6.45, 7) is 0.683. The van der Waals surface area contributed by atoms with Crippen LogP contribution >= 0.6 is 15.9 Å². The number of hydrogen-bond donors (Lipinski definition) is 3. The number of nitrogens with one attached hydrogen (secondary N) is 1. The lowest BCUT2D eigenvalue weighted by Gasteiger charge is -2.29. The van der Waals surface area contributed by atoms with Crippen molar-refractivity contribution in [2.45, 2.75) is 43.9 Å². The molecular formula is C15H22BrNO3. The minimum Gasteiger partial charge on any atom is -0.491 e. The highest BCUT2D eigenvalue weighted by molar-refractivity contribution is 9.10. The highest BCUT2D eigenvalue weighted by atomic mass is 79.9. The van der Waals surface area contributed by atoms with E-state index in [0.29, 0.717) is 6.54 Å². The average molecular weight is 344 g/mol. The van der Waals surface area contributed by atoms with Gasteiger partial charge in [0, 0.05) is 17.1 Å². The molecule has 112 valence electrons. The number of halogens is 1. The van der Waals surface area contributed by atoms with E-state index in [0.717, 1.165) is 35.9 Å². The highest BCUT2D eigenvalue weighted by Crippen LogP contribution is 2.19. The van der Waals surface area contributed by atoms with Gasteiger partial charge in [0.05, 0.1) is 6.10 Å². The van der Waals surface area contributed by atoms with Gasteiger partial charge in [-0.25, -0.2) is 0 Å². The molecule has 0 bridgehead atoms. The van der Waals surface area contributed by atoms with E-state index in [9.17, 15) is 10.2 Å². The summed E-state index contributed by atoms with van der Waals surface area (Å²) in [4.78, 5) is 0. The van der Waals surface area contributed by atoms with Crippen LogP contribution in [0.2, 0.25) is 0 Å². The molecule has 0 radical (unpaired) electrons. The molecule has 1 aliphatic rings. The molecule has 0 aliphatic heterocycles. The lowest BCUT2D eigenvalue weighted by Crippen LogP contribution is -2.45. The van der Waals surface area contributed by atoms with Crippen LogP contribution in [0, 0.1) is 0 Å². The van der Waals surface area contributed by atoms with Crippen molar-refractivity contribution in [1.29, 1.82) is 0 Å². The van der Waals surface area contributed by atoms with Gasteiger partial charge in [-0.05, 0) is 31.0 Å². The van der Waals surface area contributed by atoms with Gasteiger partial charge < -0.3 is 20.3 Å². The number of aliphatic hydroxyl groups excluding tert-OH is 2. The largest absolute Gasteiger partial charge is 0.491 e. The van der Waals surface area contributed by atoms with Crippen molar-refractivity contribution >= 4 is 15.9 Å². The molecule has 20 heavy (non-hydrogen) atoms. The van der Waals surface area contributed by atoms with Crippen molar-refractivity contribution in [3.05, 3.63) is 28.7 Å². The minimum absolute atomic E-state index is 0.101. The second kappa shape index (κ2) is 7.98.